The Morgan fingerprint density at radius 3 is 2.39 bits per heavy atom. The summed E-state index contributed by atoms with van der Waals surface area (Å²) in [6, 6.07) is 28.6. The molecule has 11 heteroatoms. The molecule has 0 saturated carbocycles. The molecule has 0 aliphatic carbocycles. The van der Waals surface area contributed by atoms with Crippen LogP contribution in [0.4, 0.5) is 10.5 Å². The molecule has 3 amide bonds. The lowest BCUT2D eigenvalue weighted by Crippen LogP contribution is -2.52. The van der Waals surface area contributed by atoms with Crippen LogP contribution in [0.1, 0.15) is 67.1 Å². The zero-order valence-corrected chi connectivity index (χ0v) is 33.9. The molecule has 1 aromatic heterocycles. The number of aromatic nitrogens is 1. The molecule has 304 valence electrons. The first-order valence-electron chi connectivity index (χ1n) is 20.9. The van der Waals surface area contributed by atoms with Crippen molar-refractivity contribution in [3.8, 4) is 22.8 Å². The number of morpholine rings is 1. The van der Waals surface area contributed by atoms with Gasteiger partial charge in [0.05, 0.1) is 18.8 Å². The van der Waals surface area contributed by atoms with Crippen molar-refractivity contribution in [3.63, 3.8) is 0 Å². The van der Waals surface area contributed by atoms with Gasteiger partial charge < -0.3 is 33.8 Å². The van der Waals surface area contributed by atoms with Crippen LogP contribution >= 0.6 is 0 Å². The summed E-state index contributed by atoms with van der Waals surface area (Å²) in [5.41, 5.74) is 9.92. The number of aryl methyl sites for hydroxylation is 1. The number of aromatic hydroxyl groups is 1. The lowest BCUT2D eigenvalue weighted by molar-refractivity contribution is 0.0193. The van der Waals surface area contributed by atoms with E-state index in [4.69, 9.17) is 9.47 Å². The third-order valence-corrected chi connectivity index (χ3v) is 12.5. The van der Waals surface area contributed by atoms with Crippen molar-refractivity contribution in [3.05, 3.63) is 136 Å². The highest BCUT2D eigenvalue weighted by atomic mass is 16.6. The predicted molar refractivity (Wildman–Crippen MR) is 226 cm³/mol. The van der Waals surface area contributed by atoms with Gasteiger partial charge >= 0.3 is 6.09 Å². The maximum atomic E-state index is 15.5. The smallest absolute Gasteiger partial charge is 0.415 e. The average Bonchev–Trinajstić information content (AvgIpc) is 3.65. The molecule has 1 fully saturated rings. The zero-order chi connectivity index (χ0) is 40.6. The van der Waals surface area contributed by atoms with Crippen LogP contribution in [0, 0.1) is 6.92 Å². The van der Waals surface area contributed by atoms with Crippen LogP contribution in [0.2, 0.25) is 0 Å². The zero-order valence-electron chi connectivity index (χ0n) is 33.9. The van der Waals surface area contributed by atoms with E-state index in [1.54, 1.807) is 47.2 Å². The van der Waals surface area contributed by atoms with Crippen molar-refractivity contribution in [1.29, 1.82) is 0 Å². The first-order valence-corrected chi connectivity index (χ1v) is 20.9. The molecular formula is C48H51N5O6. The Labute approximate surface area is 345 Å². The van der Waals surface area contributed by atoms with E-state index in [1.807, 2.05) is 43.3 Å². The maximum Gasteiger partial charge on any atom is 0.415 e. The standard InChI is InChI=1S/C48H51N5O6/c1-32-8-7-11-40(24-32)59-48(57)51-19-17-34-26-41(45-28-43(44-12-5-6-18-52(44)45)46(55)49(2)37-13-15-39(54)16-14-37)42(27-36(34)29-51)47(56)53-30-35-10-4-3-9-33(35)25-38(53)31-50-20-22-58-23-21-50/h3-4,7-11,13-16,24,26-28,38,54H,5-6,12,17-23,25,29-31H2,1-2H3/t38-/m0/s1. The Morgan fingerprint density at radius 2 is 1.59 bits per heavy atom. The molecule has 0 unspecified atom stereocenters. The van der Waals surface area contributed by atoms with Crippen molar-refractivity contribution >= 4 is 23.6 Å². The van der Waals surface area contributed by atoms with Crippen molar-refractivity contribution < 1.29 is 29.0 Å². The molecule has 11 nitrogen and oxygen atoms in total. The molecule has 4 aliphatic heterocycles. The van der Waals surface area contributed by atoms with Crippen molar-refractivity contribution in [2.75, 3.05) is 51.3 Å². The number of rotatable bonds is 7. The van der Waals surface area contributed by atoms with Crippen LogP contribution < -0.4 is 9.64 Å². The summed E-state index contributed by atoms with van der Waals surface area (Å²) in [4.78, 5) is 51.2. The summed E-state index contributed by atoms with van der Waals surface area (Å²) < 4.78 is 13.8. The molecule has 0 radical (unpaired) electrons. The van der Waals surface area contributed by atoms with Gasteiger partial charge in [-0.3, -0.25) is 14.5 Å². The molecule has 59 heavy (non-hydrogen) atoms. The number of carbonyl (C=O) groups excluding carboxylic acids is 3. The monoisotopic (exact) mass is 793 g/mol. The van der Waals surface area contributed by atoms with E-state index >= 15 is 4.79 Å². The largest absolute Gasteiger partial charge is 0.508 e. The second kappa shape index (κ2) is 16.4. The summed E-state index contributed by atoms with van der Waals surface area (Å²) in [6.45, 7) is 7.72. The molecule has 0 spiro atoms. The van der Waals surface area contributed by atoms with Gasteiger partial charge in [0.15, 0.2) is 0 Å². The van der Waals surface area contributed by atoms with Gasteiger partial charge in [0, 0.05) is 87.1 Å². The number of phenols is 1. The van der Waals surface area contributed by atoms with Gasteiger partial charge in [0.25, 0.3) is 11.8 Å². The van der Waals surface area contributed by atoms with Gasteiger partial charge in [-0.25, -0.2) is 4.79 Å². The second-order valence-electron chi connectivity index (χ2n) is 16.4. The molecule has 0 bridgehead atoms. The number of hydrogen-bond acceptors (Lipinski definition) is 7. The third-order valence-electron chi connectivity index (χ3n) is 12.5. The number of fused-ring (bicyclic) bond motifs is 3. The Balaban J connectivity index is 1.13. The highest BCUT2D eigenvalue weighted by Crippen LogP contribution is 2.38. The summed E-state index contributed by atoms with van der Waals surface area (Å²) in [5, 5.41) is 9.92. The average molecular weight is 794 g/mol. The fourth-order valence-electron chi connectivity index (χ4n) is 9.28. The van der Waals surface area contributed by atoms with Crippen molar-refractivity contribution in [1.82, 2.24) is 19.3 Å². The number of nitrogens with zero attached hydrogens (tertiary/aromatic N) is 5. The van der Waals surface area contributed by atoms with Gasteiger partial charge in [0.2, 0.25) is 0 Å². The van der Waals surface area contributed by atoms with Crippen molar-refractivity contribution in [2.24, 2.45) is 0 Å². The highest BCUT2D eigenvalue weighted by Gasteiger charge is 2.36. The van der Waals surface area contributed by atoms with E-state index in [1.165, 1.54) is 5.56 Å². The summed E-state index contributed by atoms with van der Waals surface area (Å²) in [6.07, 6.45) is 3.61. The first kappa shape index (κ1) is 38.6. The summed E-state index contributed by atoms with van der Waals surface area (Å²) in [5.74, 6) is 0.441. The predicted octanol–water partition coefficient (Wildman–Crippen LogP) is 7.24. The molecule has 4 aromatic carbocycles. The van der Waals surface area contributed by atoms with Crippen LogP contribution in [0.15, 0.2) is 91.0 Å². The number of ether oxygens (including phenoxy) is 2. The highest BCUT2D eigenvalue weighted by molar-refractivity contribution is 6.08. The van der Waals surface area contributed by atoms with Crippen LogP contribution in [-0.2, 0) is 43.6 Å². The molecule has 1 atom stereocenters. The topological polar surface area (TPSA) is 108 Å². The van der Waals surface area contributed by atoms with E-state index in [0.29, 0.717) is 61.8 Å². The Morgan fingerprint density at radius 1 is 0.797 bits per heavy atom. The quantitative estimate of drug-likeness (QED) is 0.185. The van der Waals surface area contributed by atoms with Gasteiger partial charge in [0.1, 0.15) is 11.5 Å². The molecule has 1 N–H and O–H groups in total. The third kappa shape index (κ3) is 7.84. The van der Waals surface area contributed by atoms with Crippen LogP contribution in [0.25, 0.3) is 11.3 Å². The number of carbonyl (C=O) groups is 3. The number of hydrogen-bond donors (Lipinski definition) is 1. The lowest BCUT2D eigenvalue weighted by Gasteiger charge is -2.41. The number of amides is 3. The number of phenolic OH excluding ortho intramolecular Hbond substituents is 1. The molecule has 9 rings (SSSR count). The number of benzene rings is 4. The van der Waals surface area contributed by atoms with E-state index in [-0.39, 0.29) is 23.6 Å². The minimum Gasteiger partial charge on any atom is -0.508 e. The van der Waals surface area contributed by atoms with Crippen LogP contribution in [0.3, 0.4) is 0 Å². The minimum atomic E-state index is -0.419. The Hall–Kier alpha value is -5.91. The lowest BCUT2D eigenvalue weighted by atomic mass is 9.89. The van der Waals surface area contributed by atoms with E-state index < -0.39 is 6.09 Å². The Bertz CT molecular complexity index is 2400. The fraction of sp³-hybridized carbons (Fsp3) is 0.354. The first-order chi connectivity index (χ1) is 28.7. The van der Waals surface area contributed by atoms with E-state index in [9.17, 15) is 14.7 Å². The van der Waals surface area contributed by atoms with Crippen LogP contribution in [0.5, 0.6) is 11.5 Å². The fourth-order valence-corrected chi connectivity index (χ4v) is 9.28. The van der Waals surface area contributed by atoms with Crippen LogP contribution in [-0.4, -0.2) is 94.8 Å². The van der Waals surface area contributed by atoms with Gasteiger partial charge in [-0.1, -0.05) is 36.4 Å². The molecule has 5 heterocycles. The minimum absolute atomic E-state index is 0.0579. The van der Waals surface area contributed by atoms with Crippen molar-refractivity contribution in [2.45, 2.75) is 64.7 Å². The summed E-state index contributed by atoms with van der Waals surface area (Å²) >= 11 is 0. The maximum absolute atomic E-state index is 15.5. The van der Waals surface area contributed by atoms with E-state index in [0.717, 1.165) is 91.1 Å². The molecule has 5 aromatic rings. The molecular weight excluding hydrogens is 743 g/mol. The number of anilines is 1. The molecule has 4 aliphatic rings. The second-order valence-corrected chi connectivity index (χ2v) is 16.4. The van der Waals surface area contributed by atoms with Gasteiger partial charge in [-0.05, 0) is 121 Å². The van der Waals surface area contributed by atoms with E-state index in [2.05, 4.69) is 38.6 Å². The summed E-state index contributed by atoms with van der Waals surface area (Å²) in [7, 11) is 1.76. The SMILES string of the molecule is Cc1cccc(OC(=O)N2CCc3cc(-c4cc(C(=O)N(C)c5ccc(O)cc5)c5n4CCCC5)c(C(=O)N4Cc5ccccc5C[C@H]4CN4CCOCC4)cc3C2)c1. The van der Waals surface area contributed by atoms with Gasteiger partial charge in [-0.15, -0.1) is 0 Å². The molecule has 1 saturated heterocycles. The normalized spacial score (nSPS) is 17.8. The Kier molecular flexibility index (Phi) is 10.7. The van der Waals surface area contributed by atoms with Gasteiger partial charge in [-0.2, -0.15) is 0 Å².